The van der Waals surface area contributed by atoms with Crippen LogP contribution in [0.15, 0.2) is 39.3 Å². The van der Waals surface area contributed by atoms with Gasteiger partial charge < -0.3 is 10.5 Å². The Morgan fingerprint density at radius 3 is 2.45 bits per heavy atom. The third-order valence-electron chi connectivity index (χ3n) is 3.15. The molecule has 0 radical (unpaired) electrons. The molecule has 2 rings (SSSR count). The van der Waals surface area contributed by atoms with E-state index in [-0.39, 0.29) is 5.82 Å². The zero-order valence-corrected chi connectivity index (χ0v) is 14.3. The number of hydrogen-bond acceptors (Lipinski definition) is 2. The molecule has 2 N–H and O–H groups in total. The lowest BCUT2D eigenvalue weighted by Gasteiger charge is -2.18. The van der Waals surface area contributed by atoms with Gasteiger partial charge in [0.05, 0.1) is 17.6 Å². The van der Waals surface area contributed by atoms with E-state index >= 15 is 0 Å². The first-order valence-corrected chi connectivity index (χ1v) is 7.57. The van der Waals surface area contributed by atoms with E-state index in [9.17, 15) is 4.39 Å². The van der Waals surface area contributed by atoms with E-state index in [1.54, 1.807) is 19.2 Å². The zero-order valence-electron chi connectivity index (χ0n) is 11.1. The van der Waals surface area contributed by atoms with E-state index < -0.39 is 6.04 Å². The van der Waals surface area contributed by atoms with Crippen LogP contribution < -0.4 is 10.5 Å². The number of methoxy groups -OCH3 is 1. The van der Waals surface area contributed by atoms with Crippen molar-refractivity contribution >= 4 is 31.9 Å². The molecule has 0 amide bonds. The van der Waals surface area contributed by atoms with Crippen LogP contribution >= 0.6 is 31.9 Å². The van der Waals surface area contributed by atoms with Gasteiger partial charge in [0, 0.05) is 10.0 Å². The van der Waals surface area contributed by atoms with Crippen LogP contribution in [0.25, 0.3) is 0 Å². The molecular weight excluding hydrogens is 389 g/mol. The standard InChI is InChI=1S/C15H14Br2FNO/c1-8-5-14(20-2)10(7-11(8)16)15(19)9-3-4-13(18)12(17)6-9/h3-7,15H,19H2,1-2H3. The average molecular weight is 403 g/mol. The van der Waals surface area contributed by atoms with Crippen LogP contribution in [0.3, 0.4) is 0 Å². The van der Waals surface area contributed by atoms with Crippen LogP contribution in [0.2, 0.25) is 0 Å². The quantitative estimate of drug-likeness (QED) is 0.806. The molecule has 2 aromatic rings. The van der Waals surface area contributed by atoms with E-state index in [4.69, 9.17) is 10.5 Å². The summed E-state index contributed by atoms with van der Waals surface area (Å²) < 4.78 is 20.1. The Kier molecular flexibility index (Phi) is 4.83. The van der Waals surface area contributed by atoms with Crippen LogP contribution in [0.5, 0.6) is 5.75 Å². The Bertz CT molecular complexity index is 646. The van der Waals surface area contributed by atoms with Gasteiger partial charge in [-0.3, -0.25) is 0 Å². The average Bonchev–Trinajstić information content (AvgIpc) is 2.43. The molecule has 0 saturated heterocycles. The van der Waals surface area contributed by atoms with Gasteiger partial charge >= 0.3 is 0 Å². The molecular formula is C15H14Br2FNO. The molecule has 1 unspecified atom stereocenters. The summed E-state index contributed by atoms with van der Waals surface area (Å²) in [5.74, 6) is 0.414. The Balaban J connectivity index is 2.49. The number of ether oxygens (including phenoxy) is 1. The second-order valence-electron chi connectivity index (χ2n) is 4.49. The van der Waals surface area contributed by atoms with Crippen LogP contribution in [-0.2, 0) is 0 Å². The van der Waals surface area contributed by atoms with Gasteiger partial charge in [0.1, 0.15) is 11.6 Å². The molecule has 2 aromatic carbocycles. The highest BCUT2D eigenvalue weighted by Crippen LogP contribution is 2.34. The van der Waals surface area contributed by atoms with Crippen molar-refractivity contribution in [3.63, 3.8) is 0 Å². The van der Waals surface area contributed by atoms with Gasteiger partial charge in [-0.05, 0) is 58.2 Å². The predicted octanol–water partition coefficient (Wildman–Crippen LogP) is 4.72. The lowest BCUT2D eigenvalue weighted by Crippen LogP contribution is -2.13. The number of halogens is 3. The number of rotatable bonds is 3. The van der Waals surface area contributed by atoms with Crippen LogP contribution in [-0.4, -0.2) is 7.11 Å². The molecule has 20 heavy (non-hydrogen) atoms. The monoisotopic (exact) mass is 401 g/mol. The molecule has 5 heteroatoms. The highest BCUT2D eigenvalue weighted by atomic mass is 79.9. The molecule has 106 valence electrons. The first-order chi connectivity index (χ1) is 9.43. The van der Waals surface area contributed by atoms with Gasteiger partial charge in [0.25, 0.3) is 0 Å². The maximum absolute atomic E-state index is 13.3. The third-order valence-corrected chi connectivity index (χ3v) is 4.61. The Labute approximate surface area is 134 Å². The summed E-state index contributed by atoms with van der Waals surface area (Å²) in [5, 5.41) is 0. The van der Waals surface area contributed by atoms with E-state index in [2.05, 4.69) is 31.9 Å². The van der Waals surface area contributed by atoms with Crippen molar-refractivity contribution in [1.29, 1.82) is 0 Å². The summed E-state index contributed by atoms with van der Waals surface area (Å²) in [7, 11) is 1.61. The largest absolute Gasteiger partial charge is 0.496 e. The summed E-state index contributed by atoms with van der Waals surface area (Å²) in [6.07, 6.45) is 0. The van der Waals surface area contributed by atoms with Crippen LogP contribution in [0, 0.1) is 12.7 Å². The number of nitrogens with two attached hydrogens (primary N) is 1. The summed E-state index contributed by atoms with van der Waals surface area (Å²) in [5.41, 5.74) is 9.02. The van der Waals surface area contributed by atoms with E-state index in [0.29, 0.717) is 4.47 Å². The van der Waals surface area contributed by atoms with Gasteiger partial charge in [-0.15, -0.1) is 0 Å². The molecule has 0 heterocycles. The summed E-state index contributed by atoms with van der Waals surface area (Å²) in [6.45, 7) is 1.98. The van der Waals surface area contributed by atoms with Gasteiger partial charge in [-0.25, -0.2) is 4.39 Å². The molecule has 1 atom stereocenters. The molecule has 0 aliphatic heterocycles. The Morgan fingerprint density at radius 1 is 1.15 bits per heavy atom. The van der Waals surface area contributed by atoms with Gasteiger partial charge in [-0.1, -0.05) is 22.0 Å². The SMILES string of the molecule is COc1cc(C)c(Br)cc1C(N)c1ccc(F)c(Br)c1. The molecule has 0 bridgehead atoms. The second kappa shape index (κ2) is 6.24. The number of aryl methyl sites for hydroxylation is 1. The first-order valence-electron chi connectivity index (χ1n) is 5.98. The minimum atomic E-state index is -0.390. The molecule has 0 aromatic heterocycles. The van der Waals surface area contributed by atoms with Crippen molar-refractivity contribution in [1.82, 2.24) is 0 Å². The van der Waals surface area contributed by atoms with Gasteiger partial charge in [-0.2, -0.15) is 0 Å². The minimum absolute atomic E-state index is 0.307. The van der Waals surface area contributed by atoms with Crippen molar-refractivity contribution in [2.24, 2.45) is 5.73 Å². The molecule has 0 spiro atoms. The van der Waals surface area contributed by atoms with Crippen molar-refractivity contribution in [3.05, 3.63) is 61.8 Å². The molecule has 0 saturated carbocycles. The predicted molar refractivity (Wildman–Crippen MR) is 85.6 cm³/mol. The maximum atomic E-state index is 13.3. The number of benzene rings is 2. The highest BCUT2D eigenvalue weighted by molar-refractivity contribution is 9.10. The lowest BCUT2D eigenvalue weighted by atomic mass is 9.97. The van der Waals surface area contributed by atoms with Crippen LogP contribution in [0.1, 0.15) is 22.7 Å². The van der Waals surface area contributed by atoms with Crippen molar-refractivity contribution in [2.45, 2.75) is 13.0 Å². The van der Waals surface area contributed by atoms with Crippen molar-refractivity contribution in [3.8, 4) is 5.75 Å². The van der Waals surface area contributed by atoms with Gasteiger partial charge in [0.15, 0.2) is 0 Å². The fourth-order valence-electron chi connectivity index (χ4n) is 1.98. The summed E-state index contributed by atoms with van der Waals surface area (Å²) in [6, 6.07) is 8.24. The smallest absolute Gasteiger partial charge is 0.137 e. The van der Waals surface area contributed by atoms with Gasteiger partial charge in [0.2, 0.25) is 0 Å². The van der Waals surface area contributed by atoms with E-state index in [1.165, 1.54) is 6.07 Å². The Morgan fingerprint density at radius 2 is 1.85 bits per heavy atom. The van der Waals surface area contributed by atoms with E-state index in [1.807, 2.05) is 19.1 Å². The Hall–Kier alpha value is -0.910. The minimum Gasteiger partial charge on any atom is -0.496 e. The second-order valence-corrected chi connectivity index (χ2v) is 6.20. The van der Waals surface area contributed by atoms with Crippen LogP contribution in [0.4, 0.5) is 4.39 Å². The molecule has 2 nitrogen and oxygen atoms in total. The van der Waals surface area contributed by atoms with Crippen molar-refractivity contribution in [2.75, 3.05) is 7.11 Å². The zero-order chi connectivity index (χ0) is 14.9. The normalized spacial score (nSPS) is 12.3. The third kappa shape index (κ3) is 3.05. The fraction of sp³-hybridized carbons (Fsp3) is 0.200. The van der Waals surface area contributed by atoms with E-state index in [0.717, 1.165) is 26.9 Å². The first kappa shape index (κ1) is 15.5. The molecule has 0 aliphatic rings. The summed E-state index contributed by atoms with van der Waals surface area (Å²) in [4.78, 5) is 0. The lowest BCUT2D eigenvalue weighted by molar-refractivity contribution is 0.407. The maximum Gasteiger partial charge on any atom is 0.137 e. The summed E-state index contributed by atoms with van der Waals surface area (Å²) >= 11 is 6.67. The highest BCUT2D eigenvalue weighted by Gasteiger charge is 2.17. The fourth-order valence-corrected chi connectivity index (χ4v) is 2.73. The topological polar surface area (TPSA) is 35.2 Å². The number of hydrogen-bond donors (Lipinski definition) is 1. The molecule has 0 fully saturated rings. The molecule has 0 aliphatic carbocycles. The van der Waals surface area contributed by atoms with Crippen molar-refractivity contribution < 1.29 is 9.13 Å².